The molecule has 0 spiro atoms. The first-order valence-corrected chi connectivity index (χ1v) is 6.04. The molecule has 1 atom stereocenters. The third-order valence-electron chi connectivity index (χ3n) is 3.30. The van der Waals surface area contributed by atoms with E-state index in [2.05, 4.69) is 0 Å². The minimum absolute atomic E-state index is 0.271. The smallest absolute Gasteiger partial charge is 0.374 e. The van der Waals surface area contributed by atoms with Gasteiger partial charge in [0.15, 0.2) is 0 Å². The second-order valence-corrected chi connectivity index (χ2v) is 4.56. The van der Waals surface area contributed by atoms with Crippen LogP contribution in [-0.2, 0) is 17.4 Å². The van der Waals surface area contributed by atoms with Crippen LogP contribution in [0.25, 0.3) is 0 Å². The number of aldehydes is 1. The van der Waals surface area contributed by atoms with Gasteiger partial charge in [0, 0.05) is 18.8 Å². The van der Waals surface area contributed by atoms with Crippen molar-refractivity contribution in [2.24, 2.45) is 0 Å². The normalized spacial score (nSPS) is 19.5. The molecule has 0 N–H and O–H groups in total. The molecule has 0 saturated carbocycles. The van der Waals surface area contributed by atoms with Crippen molar-refractivity contribution in [3.63, 3.8) is 0 Å². The summed E-state index contributed by atoms with van der Waals surface area (Å²) in [7, 11) is 0. The van der Waals surface area contributed by atoms with Crippen LogP contribution in [0.5, 0.6) is 0 Å². The number of carbonyl (C=O) groups is 1. The second-order valence-electron chi connectivity index (χ2n) is 4.56. The van der Waals surface area contributed by atoms with Gasteiger partial charge in [-0.05, 0) is 36.6 Å². The highest BCUT2D eigenvalue weighted by Gasteiger charge is 2.30. The Labute approximate surface area is 109 Å². The lowest BCUT2D eigenvalue weighted by Gasteiger charge is -2.40. The van der Waals surface area contributed by atoms with Crippen molar-refractivity contribution in [1.29, 1.82) is 0 Å². The number of benzene rings is 1. The fraction of sp³-hybridized carbons (Fsp3) is 0.357. The van der Waals surface area contributed by atoms with Crippen LogP contribution in [0.1, 0.15) is 17.5 Å². The number of nitrogens with zero attached hydrogens (tertiary/aromatic N) is 1. The van der Waals surface area contributed by atoms with E-state index in [0.717, 1.165) is 30.7 Å². The SMILES string of the molecule is O=CC=CN1CCC1Cc1ccc(C(F)(F)F)cc1. The topological polar surface area (TPSA) is 20.3 Å². The average Bonchev–Trinajstić information content (AvgIpc) is 2.35. The van der Waals surface area contributed by atoms with E-state index in [1.165, 1.54) is 18.2 Å². The zero-order valence-corrected chi connectivity index (χ0v) is 10.2. The molecular formula is C14H14F3NO. The molecule has 1 aliphatic heterocycles. The summed E-state index contributed by atoms with van der Waals surface area (Å²) in [5.41, 5.74) is 0.254. The molecule has 1 heterocycles. The van der Waals surface area contributed by atoms with E-state index < -0.39 is 11.7 Å². The molecule has 19 heavy (non-hydrogen) atoms. The zero-order valence-electron chi connectivity index (χ0n) is 10.2. The molecule has 1 saturated heterocycles. The number of rotatable bonds is 4. The molecule has 5 heteroatoms. The molecule has 0 radical (unpaired) electrons. The van der Waals surface area contributed by atoms with E-state index in [1.807, 2.05) is 4.90 Å². The molecule has 0 bridgehead atoms. The fourth-order valence-corrected chi connectivity index (χ4v) is 2.12. The van der Waals surface area contributed by atoms with Gasteiger partial charge in [-0.2, -0.15) is 13.2 Å². The summed E-state index contributed by atoms with van der Waals surface area (Å²) in [6, 6.07) is 5.53. The fourth-order valence-electron chi connectivity index (χ4n) is 2.12. The summed E-state index contributed by atoms with van der Waals surface area (Å²) < 4.78 is 37.2. The maximum atomic E-state index is 12.4. The van der Waals surface area contributed by atoms with Gasteiger partial charge in [0.2, 0.25) is 0 Å². The third-order valence-corrected chi connectivity index (χ3v) is 3.30. The van der Waals surface area contributed by atoms with Crippen molar-refractivity contribution in [3.8, 4) is 0 Å². The number of carbonyl (C=O) groups excluding carboxylic acids is 1. The predicted molar refractivity (Wildman–Crippen MR) is 65.5 cm³/mol. The Kier molecular flexibility index (Phi) is 3.93. The Morgan fingerprint density at radius 1 is 1.26 bits per heavy atom. The van der Waals surface area contributed by atoms with Gasteiger partial charge in [-0.3, -0.25) is 4.79 Å². The van der Waals surface area contributed by atoms with Crippen LogP contribution in [0.2, 0.25) is 0 Å². The van der Waals surface area contributed by atoms with Gasteiger partial charge in [-0.1, -0.05) is 12.1 Å². The predicted octanol–water partition coefficient (Wildman–Crippen LogP) is 3.03. The van der Waals surface area contributed by atoms with Crippen LogP contribution in [0.15, 0.2) is 36.5 Å². The van der Waals surface area contributed by atoms with Gasteiger partial charge in [0.05, 0.1) is 5.56 Å². The Bertz CT molecular complexity index is 465. The highest BCUT2D eigenvalue weighted by Crippen LogP contribution is 2.30. The molecule has 0 amide bonds. The second kappa shape index (κ2) is 5.47. The van der Waals surface area contributed by atoms with Crippen molar-refractivity contribution in [2.75, 3.05) is 6.54 Å². The first-order valence-electron chi connectivity index (χ1n) is 6.04. The number of hydrogen-bond acceptors (Lipinski definition) is 2. The summed E-state index contributed by atoms with van der Waals surface area (Å²) in [6.45, 7) is 0.885. The Morgan fingerprint density at radius 2 is 1.95 bits per heavy atom. The maximum absolute atomic E-state index is 12.4. The molecule has 0 aromatic heterocycles. The van der Waals surface area contributed by atoms with Crippen molar-refractivity contribution in [3.05, 3.63) is 47.7 Å². The Balaban J connectivity index is 1.97. The number of hydrogen-bond donors (Lipinski definition) is 0. The molecule has 1 aliphatic rings. The first-order chi connectivity index (χ1) is 9.00. The lowest BCUT2D eigenvalue weighted by atomic mass is 9.95. The molecule has 1 aromatic carbocycles. The highest BCUT2D eigenvalue weighted by atomic mass is 19.4. The van der Waals surface area contributed by atoms with E-state index in [0.29, 0.717) is 12.7 Å². The molecule has 2 nitrogen and oxygen atoms in total. The lowest BCUT2D eigenvalue weighted by molar-refractivity contribution is -0.137. The largest absolute Gasteiger partial charge is 0.416 e. The van der Waals surface area contributed by atoms with E-state index in [-0.39, 0.29) is 6.04 Å². The summed E-state index contributed by atoms with van der Waals surface area (Å²) in [5, 5.41) is 0. The van der Waals surface area contributed by atoms with Crippen LogP contribution in [-0.4, -0.2) is 23.8 Å². The summed E-state index contributed by atoms with van der Waals surface area (Å²) >= 11 is 0. The summed E-state index contributed by atoms with van der Waals surface area (Å²) in [6.07, 6.45) is 1.27. The van der Waals surface area contributed by atoms with Crippen LogP contribution in [0.3, 0.4) is 0 Å². The van der Waals surface area contributed by atoms with Crippen LogP contribution >= 0.6 is 0 Å². The van der Waals surface area contributed by atoms with Gasteiger partial charge in [-0.15, -0.1) is 0 Å². The van der Waals surface area contributed by atoms with E-state index in [4.69, 9.17) is 0 Å². The van der Waals surface area contributed by atoms with Gasteiger partial charge >= 0.3 is 6.18 Å². The highest BCUT2D eigenvalue weighted by molar-refractivity contribution is 5.64. The van der Waals surface area contributed by atoms with Crippen LogP contribution in [0, 0.1) is 0 Å². The van der Waals surface area contributed by atoms with Gasteiger partial charge < -0.3 is 4.90 Å². The molecule has 0 aliphatic carbocycles. The number of allylic oxidation sites excluding steroid dienone is 1. The van der Waals surface area contributed by atoms with E-state index in [9.17, 15) is 18.0 Å². The zero-order chi connectivity index (χ0) is 13.9. The van der Waals surface area contributed by atoms with Gasteiger partial charge in [0.25, 0.3) is 0 Å². The Morgan fingerprint density at radius 3 is 2.42 bits per heavy atom. The van der Waals surface area contributed by atoms with Crippen molar-refractivity contribution < 1.29 is 18.0 Å². The minimum Gasteiger partial charge on any atom is -0.374 e. The number of alkyl halides is 3. The van der Waals surface area contributed by atoms with Gasteiger partial charge in [0.1, 0.15) is 6.29 Å². The van der Waals surface area contributed by atoms with Crippen LogP contribution < -0.4 is 0 Å². The number of halogens is 3. The quantitative estimate of drug-likeness (QED) is 0.618. The molecule has 1 unspecified atom stereocenters. The summed E-state index contributed by atoms with van der Waals surface area (Å²) in [4.78, 5) is 12.2. The molecular weight excluding hydrogens is 255 g/mol. The van der Waals surface area contributed by atoms with E-state index >= 15 is 0 Å². The average molecular weight is 269 g/mol. The van der Waals surface area contributed by atoms with Crippen molar-refractivity contribution in [1.82, 2.24) is 4.90 Å². The monoisotopic (exact) mass is 269 g/mol. The third kappa shape index (κ3) is 3.36. The summed E-state index contributed by atoms with van der Waals surface area (Å²) in [5.74, 6) is 0. The molecule has 1 fully saturated rings. The molecule has 1 aromatic rings. The van der Waals surface area contributed by atoms with Crippen molar-refractivity contribution >= 4 is 6.29 Å². The Hall–Kier alpha value is -1.78. The number of likely N-dealkylation sites (tertiary alicyclic amines) is 1. The van der Waals surface area contributed by atoms with Crippen molar-refractivity contribution in [2.45, 2.75) is 25.1 Å². The molecule has 102 valence electrons. The van der Waals surface area contributed by atoms with E-state index in [1.54, 1.807) is 6.20 Å². The molecule has 2 rings (SSSR count). The lowest BCUT2D eigenvalue weighted by Crippen LogP contribution is -2.45. The first kappa shape index (κ1) is 13.6. The minimum atomic E-state index is -4.28. The van der Waals surface area contributed by atoms with Crippen LogP contribution in [0.4, 0.5) is 13.2 Å². The standard InChI is InChI=1S/C14H14F3NO/c15-14(16,17)12-4-2-11(3-5-12)10-13-6-8-18(13)7-1-9-19/h1-5,7,9,13H,6,8,10H2. The maximum Gasteiger partial charge on any atom is 0.416 e. The van der Waals surface area contributed by atoms with Gasteiger partial charge in [-0.25, -0.2) is 0 Å².